The van der Waals surface area contributed by atoms with Gasteiger partial charge in [0, 0.05) is 15.4 Å². The fraction of sp³-hybridized carbons (Fsp3) is 0.118. The molecule has 4 heteroatoms. The zero-order valence-corrected chi connectivity index (χ0v) is 13.0. The Morgan fingerprint density at radius 1 is 0.952 bits per heavy atom. The molecule has 1 aromatic heterocycles. The summed E-state index contributed by atoms with van der Waals surface area (Å²) < 4.78 is 6.82. The summed E-state index contributed by atoms with van der Waals surface area (Å²) in [4.78, 5) is 4.41. The van der Waals surface area contributed by atoms with E-state index in [1.54, 1.807) is 0 Å². The van der Waals surface area contributed by atoms with Crippen LogP contribution in [-0.4, -0.2) is 4.98 Å². The van der Waals surface area contributed by atoms with Gasteiger partial charge in [-0.2, -0.15) is 0 Å². The normalized spacial score (nSPS) is 10.9. The number of pyridine rings is 1. The summed E-state index contributed by atoms with van der Waals surface area (Å²) in [5.41, 5.74) is 8.94. The second-order valence-electron chi connectivity index (χ2n) is 4.81. The number of nitrogens with zero attached hydrogens (tertiary/aromatic N) is 1. The van der Waals surface area contributed by atoms with Crippen LogP contribution >= 0.6 is 15.9 Å². The molecule has 2 aromatic carbocycles. The van der Waals surface area contributed by atoms with Crippen LogP contribution in [0.3, 0.4) is 0 Å². The maximum Gasteiger partial charge on any atom is 0.129 e. The molecule has 0 aliphatic rings. The molecule has 0 unspecified atom stereocenters. The smallest absolute Gasteiger partial charge is 0.129 e. The van der Waals surface area contributed by atoms with Crippen molar-refractivity contribution < 1.29 is 4.74 Å². The van der Waals surface area contributed by atoms with E-state index in [9.17, 15) is 0 Å². The van der Waals surface area contributed by atoms with Crippen molar-refractivity contribution in [1.82, 2.24) is 4.98 Å². The van der Waals surface area contributed by atoms with Gasteiger partial charge in [-0.3, -0.25) is 0 Å². The summed E-state index contributed by atoms with van der Waals surface area (Å²) in [5, 5.41) is 1.08. The number of nitrogen functional groups attached to an aromatic ring is 1. The maximum atomic E-state index is 6.00. The lowest BCUT2D eigenvalue weighted by Gasteiger charge is -2.09. The first-order valence-corrected chi connectivity index (χ1v) is 7.48. The number of benzene rings is 2. The molecule has 0 saturated carbocycles. The molecule has 0 aliphatic carbocycles. The molecule has 0 atom stereocenters. The van der Waals surface area contributed by atoms with Crippen LogP contribution < -0.4 is 5.73 Å². The second-order valence-corrected chi connectivity index (χ2v) is 5.66. The minimum Gasteiger partial charge on any atom is -0.383 e. The van der Waals surface area contributed by atoms with Crippen LogP contribution in [0.2, 0.25) is 0 Å². The average Bonchev–Trinajstić information content (AvgIpc) is 2.49. The van der Waals surface area contributed by atoms with Gasteiger partial charge in [0.25, 0.3) is 0 Å². The quantitative estimate of drug-likeness (QED) is 0.768. The number of anilines is 1. The summed E-state index contributed by atoms with van der Waals surface area (Å²) in [6.07, 6.45) is 0. The first-order chi connectivity index (χ1) is 10.2. The van der Waals surface area contributed by atoms with Gasteiger partial charge in [-0.05, 0) is 23.8 Å². The van der Waals surface area contributed by atoms with E-state index in [1.807, 2.05) is 54.6 Å². The van der Waals surface area contributed by atoms with Gasteiger partial charge in [0.1, 0.15) is 5.82 Å². The molecule has 21 heavy (non-hydrogen) atoms. The topological polar surface area (TPSA) is 48.1 Å². The third kappa shape index (κ3) is 3.23. The second kappa shape index (κ2) is 6.24. The largest absolute Gasteiger partial charge is 0.383 e. The third-order valence-corrected chi connectivity index (χ3v) is 4.08. The first-order valence-electron chi connectivity index (χ1n) is 6.69. The lowest BCUT2D eigenvalue weighted by molar-refractivity contribution is 0.107. The van der Waals surface area contributed by atoms with Gasteiger partial charge < -0.3 is 10.5 Å². The standard InChI is InChI=1S/C17H15BrN2O/c18-15-7-3-1-6-13(15)10-21-11-14-9-12-5-2-4-8-16(12)20-17(14)19/h1-9H,10-11H2,(H2,19,20). The van der Waals surface area contributed by atoms with E-state index in [0.29, 0.717) is 19.0 Å². The number of rotatable bonds is 4. The van der Waals surface area contributed by atoms with Crippen LogP contribution in [0.4, 0.5) is 5.82 Å². The molecule has 0 radical (unpaired) electrons. The van der Waals surface area contributed by atoms with E-state index in [0.717, 1.165) is 26.5 Å². The third-order valence-electron chi connectivity index (χ3n) is 3.31. The van der Waals surface area contributed by atoms with Gasteiger partial charge >= 0.3 is 0 Å². The predicted octanol–water partition coefficient (Wildman–Crippen LogP) is 4.30. The molecule has 2 N–H and O–H groups in total. The molecule has 0 saturated heterocycles. The van der Waals surface area contributed by atoms with Gasteiger partial charge in [-0.1, -0.05) is 52.3 Å². The van der Waals surface area contributed by atoms with Crippen LogP contribution in [0.25, 0.3) is 10.9 Å². The molecule has 3 rings (SSSR count). The Morgan fingerprint density at radius 3 is 2.52 bits per heavy atom. The van der Waals surface area contributed by atoms with Crippen molar-refractivity contribution in [3.05, 3.63) is 70.2 Å². The zero-order valence-electron chi connectivity index (χ0n) is 11.4. The minimum absolute atomic E-state index is 0.449. The Balaban J connectivity index is 1.73. The van der Waals surface area contributed by atoms with Crippen molar-refractivity contribution in [3.8, 4) is 0 Å². The lowest BCUT2D eigenvalue weighted by Crippen LogP contribution is -2.01. The van der Waals surface area contributed by atoms with Crippen LogP contribution in [0.15, 0.2) is 59.1 Å². The Kier molecular flexibility index (Phi) is 4.18. The molecule has 0 bridgehead atoms. The van der Waals surface area contributed by atoms with Crippen LogP contribution in [0.1, 0.15) is 11.1 Å². The average molecular weight is 343 g/mol. The van der Waals surface area contributed by atoms with Crippen molar-refractivity contribution in [2.45, 2.75) is 13.2 Å². The van der Waals surface area contributed by atoms with Crippen molar-refractivity contribution in [2.24, 2.45) is 0 Å². The molecular formula is C17H15BrN2O. The van der Waals surface area contributed by atoms with Crippen molar-refractivity contribution >= 4 is 32.7 Å². The van der Waals surface area contributed by atoms with E-state index < -0.39 is 0 Å². The molecule has 0 aliphatic heterocycles. The highest BCUT2D eigenvalue weighted by atomic mass is 79.9. The number of hydrogen-bond acceptors (Lipinski definition) is 3. The van der Waals surface area contributed by atoms with Crippen molar-refractivity contribution in [3.63, 3.8) is 0 Å². The summed E-state index contributed by atoms with van der Waals surface area (Å²) in [6, 6.07) is 18.0. The number of halogens is 1. The van der Waals surface area contributed by atoms with E-state index >= 15 is 0 Å². The van der Waals surface area contributed by atoms with E-state index in [1.165, 1.54) is 0 Å². The number of nitrogens with two attached hydrogens (primary N) is 1. The first kappa shape index (κ1) is 14.0. The van der Waals surface area contributed by atoms with Gasteiger partial charge in [-0.25, -0.2) is 4.98 Å². The molecule has 106 valence electrons. The summed E-state index contributed by atoms with van der Waals surface area (Å²) in [5.74, 6) is 0.529. The number of ether oxygens (including phenoxy) is 1. The lowest BCUT2D eigenvalue weighted by atomic mass is 10.1. The maximum absolute atomic E-state index is 6.00. The summed E-state index contributed by atoms with van der Waals surface area (Å²) in [6.45, 7) is 0.985. The Morgan fingerprint density at radius 2 is 1.67 bits per heavy atom. The minimum atomic E-state index is 0.449. The molecule has 3 nitrogen and oxygen atoms in total. The number of hydrogen-bond donors (Lipinski definition) is 1. The molecule has 0 amide bonds. The van der Waals surface area contributed by atoms with Gasteiger partial charge in [0.15, 0.2) is 0 Å². The van der Waals surface area contributed by atoms with E-state index in [4.69, 9.17) is 10.5 Å². The van der Waals surface area contributed by atoms with Gasteiger partial charge in [-0.15, -0.1) is 0 Å². The van der Waals surface area contributed by atoms with Crippen LogP contribution in [-0.2, 0) is 18.0 Å². The Hall–Kier alpha value is -1.91. The number of para-hydroxylation sites is 1. The fourth-order valence-corrected chi connectivity index (χ4v) is 2.58. The van der Waals surface area contributed by atoms with Crippen LogP contribution in [0, 0.1) is 0 Å². The van der Waals surface area contributed by atoms with E-state index in [2.05, 4.69) is 20.9 Å². The van der Waals surface area contributed by atoms with Gasteiger partial charge in [0.05, 0.1) is 18.7 Å². The Bertz CT molecular complexity index is 774. The summed E-state index contributed by atoms with van der Waals surface area (Å²) >= 11 is 3.51. The molecule has 0 spiro atoms. The Labute approximate surface area is 131 Å². The fourth-order valence-electron chi connectivity index (χ4n) is 2.18. The van der Waals surface area contributed by atoms with E-state index in [-0.39, 0.29) is 0 Å². The van der Waals surface area contributed by atoms with Gasteiger partial charge in [0.2, 0.25) is 0 Å². The SMILES string of the molecule is Nc1nc2ccccc2cc1COCc1ccccc1Br. The molecule has 1 heterocycles. The number of fused-ring (bicyclic) bond motifs is 1. The molecule has 3 aromatic rings. The highest BCUT2D eigenvalue weighted by Crippen LogP contribution is 2.21. The van der Waals surface area contributed by atoms with Crippen molar-refractivity contribution in [2.75, 3.05) is 5.73 Å². The highest BCUT2D eigenvalue weighted by molar-refractivity contribution is 9.10. The number of aromatic nitrogens is 1. The highest BCUT2D eigenvalue weighted by Gasteiger charge is 2.05. The molecular weight excluding hydrogens is 328 g/mol. The zero-order chi connectivity index (χ0) is 14.7. The van der Waals surface area contributed by atoms with Crippen LogP contribution in [0.5, 0.6) is 0 Å². The van der Waals surface area contributed by atoms with Crippen molar-refractivity contribution in [1.29, 1.82) is 0 Å². The molecule has 0 fully saturated rings. The predicted molar refractivity (Wildman–Crippen MR) is 88.8 cm³/mol. The monoisotopic (exact) mass is 342 g/mol. The summed E-state index contributed by atoms with van der Waals surface area (Å²) in [7, 11) is 0.